The molecule has 5 heteroatoms. The van der Waals surface area contributed by atoms with E-state index in [9.17, 15) is 5.11 Å². The van der Waals surface area contributed by atoms with Crippen LogP contribution in [0.4, 0.5) is 0 Å². The summed E-state index contributed by atoms with van der Waals surface area (Å²) in [5.41, 5.74) is 0. The largest absolute Gasteiger partial charge is 0.416 e. The minimum Gasteiger partial charge on any atom is -0.416 e. The fourth-order valence-electron chi connectivity index (χ4n) is 2.87. The molecule has 0 aromatic carbocycles. The van der Waals surface area contributed by atoms with Gasteiger partial charge in [-0.05, 0) is 36.3 Å². The van der Waals surface area contributed by atoms with E-state index in [1.54, 1.807) is 0 Å². The summed E-state index contributed by atoms with van der Waals surface area (Å²) in [4.78, 5) is 0. The van der Waals surface area contributed by atoms with Crippen LogP contribution in [0.1, 0.15) is 55.4 Å². The minimum absolute atomic E-state index is 0.0631. The fourth-order valence-corrected chi connectivity index (χ4v) is 7.10. The van der Waals surface area contributed by atoms with Gasteiger partial charge in [0.1, 0.15) is 0 Å². The monoisotopic (exact) mass is 376 g/mol. The summed E-state index contributed by atoms with van der Waals surface area (Å²) in [6, 6.07) is 3.53. The van der Waals surface area contributed by atoms with Gasteiger partial charge in [-0.15, -0.1) is 0 Å². The van der Waals surface area contributed by atoms with E-state index in [4.69, 9.17) is 8.85 Å². The standard InChI is InChI=1S/C19H44O3Si2/c1-11-24(12-2,13-3)21-15-17(5)18(16(4)14-20)22-23(9,10)19(6,7)8/h16-18,20H,11-15H2,1-10H3/t16-,17-,18+/m0/s1. The molecule has 0 fully saturated rings. The Balaban J connectivity index is 5.13. The molecule has 0 bridgehead atoms. The third kappa shape index (κ3) is 6.56. The third-order valence-corrected chi connectivity index (χ3v) is 15.4. The first-order chi connectivity index (χ1) is 10.9. The fraction of sp³-hybridized carbons (Fsp3) is 1.00. The van der Waals surface area contributed by atoms with Crippen molar-refractivity contribution < 1.29 is 14.0 Å². The molecule has 146 valence electrons. The molecule has 0 aliphatic rings. The Morgan fingerprint density at radius 1 is 0.917 bits per heavy atom. The number of hydrogen-bond donors (Lipinski definition) is 1. The van der Waals surface area contributed by atoms with Gasteiger partial charge < -0.3 is 14.0 Å². The zero-order valence-electron chi connectivity index (χ0n) is 18.0. The molecule has 0 spiro atoms. The lowest BCUT2D eigenvalue weighted by molar-refractivity contribution is 0.0267. The van der Waals surface area contributed by atoms with E-state index in [0.717, 1.165) is 6.61 Å². The first kappa shape index (κ1) is 24.3. The van der Waals surface area contributed by atoms with Gasteiger partial charge in [0.25, 0.3) is 0 Å². The molecular formula is C19H44O3Si2. The van der Waals surface area contributed by atoms with E-state index in [1.807, 2.05) is 0 Å². The smallest absolute Gasteiger partial charge is 0.192 e. The molecule has 0 aliphatic heterocycles. The van der Waals surface area contributed by atoms with Crippen molar-refractivity contribution in [3.63, 3.8) is 0 Å². The Morgan fingerprint density at radius 3 is 1.71 bits per heavy atom. The Bertz CT molecular complexity index is 341. The van der Waals surface area contributed by atoms with Crippen molar-refractivity contribution in [1.82, 2.24) is 0 Å². The number of aliphatic hydroxyl groups is 1. The molecule has 0 aliphatic carbocycles. The molecule has 0 saturated carbocycles. The van der Waals surface area contributed by atoms with Gasteiger partial charge in [-0.2, -0.15) is 0 Å². The summed E-state index contributed by atoms with van der Waals surface area (Å²) in [5, 5.41) is 9.90. The molecule has 0 saturated heterocycles. The summed E-state index contributed by atoms with van der Waals surface area (Å²) in [5.74, 6) is 0.441. The van der Waals surface area contributed by atoms with Crippen LogP contribution < -0.4 is 0 Å². The summed E-state index contributed by atoms with van der Waals surface area (Å²) in [6.07, 6.45) is 0.0631. The van der Waals surface area contributed by atoms with Crippen LogP contribution in [0, 0.1) is 11.8 Å². The highest BCUT2D eigenvalue weighted by Crippen LogP contribution is 2.39. The molecule has 0 heterocycles. The van der Waals surface area contributed by atoms with E-state index < -0.39 is 16.6 Å². The molecular weight excluding hydrogens is 332 g/mol. The Hall–Kier alpha value is 0.314. The highest BCUT2D eigenvalue weighted by Gasteiger charge is 2.41. The topological polar surface area (TPSA) is 38.7 Å². The van der Waals surface area contributed by atoms with Gasteiger partial charge in [0, 0.05) is 25.0 Å². The lowest BCUT2D eigenvalue weighted by atomic mass is 9.95. The second kappa shape index (κ2) is 9.86. The quantitative estimate of drug-likeness (QED) is 0.473. The molecule has 24 heavy (non-hydrogen) atoms. The SMILES string of the molecule is CC[Si](CC)(CC)OC[C@H](C)[C@H](O[Si](C)(C)C(C)(C)C)[C@@H](C)CO. The predicted octanol–water partition coefficient (Wildman–Crippen LogP) is 5.66. The van der Waals surface area contributed by atoms with E-state index in [2.05, 4.69) is 68.5 Å². The second-order valence-electron chi connectivity index (χ2n) is 9.03. The molecule has 3 atom stereocenters. The summed E-state index contributed by atoms with van der Waals surface area (Å²) >= 11 is 0. The third-order valence-electron chi connectivity index (χ3n) is 6.23. The van der Waals surface area contributed by atoms with Crippen LogP contribution in [0.2, 0.25) is 36.3 Å². The van der Waals surface area contributed by atoms with Crippen LogP contribution in [-0.2, 0) is 8.85 Å². The molecule has 0 amide bonds. The van der Waals surface area contributed by atoms with E-state index in [0.29, 0.717) is 5.92 Å². The summed E-state index contributed by atoms with van der Waals surface area (Å²) in [6.45, 7) is 23.4. The lowest BCUT2D eigenvalue weighted by Crippen LogP contribution is -2.49. The van der Waals surface area contributed by atoms with Crippen LogP contribution in [0.3, 0.4) is 0 Å². The van der Waals surface area contributed by atoms with Crippen molar-refractivity contribution in [2.24, 2.45) is 11.8 Å². The maximum atomic E-state index is 9.72. The van der Waals surface area contributed by atoms with Crippen LogP contribution in [0.5, 0.6) is 0 Å². The summed E-state index contributed by atoms with van der Waals surface area (Å²) in [7, 11) is -3.44. The maximum Gasteiger partial charge on any atom is 0.192 e. The van der Waals surface area contributed by atoms with Crippen molar-refractivity contribution in [3.05, 3.63) is 0 Å². The van der Waals surface area contributed by atoms with Crippen molar-refractivity contribution in [3.8, 4) is 0 Å². The van der Waals surface area contributed by atoms with Crippen molar-refractivity contribution in [2.75, 3.05) is 13.2 Å². The maximum absolute atomic E-state index is 9.72. The van der Waals surface area contributed by atoms with Gasteiger partial charge in [-0.1, -0.05) is 55.4 Å². The van der Waals surface area contributed by atoms with E-state index >= 15 is 0 Å². The van der Waals surface area contributed by atoms with Crippen LogP contribution in [0.25, 0.3) is 0 Å². The Labute approximate surface area is 153 Å². The zero-order valence-corrected chi connectivity index (χ0v) is 20.0. The van der Waals surface area contributed by atoms with Crippen LogP contribution >= 0.6 is 0 Å². The Morgan fingerprint density at radius 2 is 1.38 bits per heavy atom. The summed E-state index contributed by atoms with van der Waals surface area (Å²) < 4.78 is 13.2. The van der Waals surface area contributed by atoms with Gasteiger partial charge in [-0.3, -0.25) is 0 Å². The van der Waals surface area contributed by atoms with Gasteiger partial charge in [-0.25, -0.2) is 0 Å². The first-order valence-corrected chi connectivity index (χ1v) is 15.3. The lowest BCUT2D eigenvalue weighted by Gasteiger charge is -2.43. The second-order valence-corrected chi connectivity index (χ2v) is 18.6. The molecule has 0 unspecified atom stereocenters. The van der Waals surface area contributed by atoms with Gasteiger partial charge in [0.05, 0.1) is 6.10 Å². The Kier molecular flexibility index (Phi) is 9.99. The molecule has 0 aromatic rings. The average Bonchev–Trinajstić information content (AvgIpc) is 2.52. The average molecular weight is 377 g/mol. The highest BCUT2D eigenvalue weighted by atomic mass is 28.4. The van der Waals surface area contributed by atoms with Gasteiger partial charge in [0.2, 0.25) is 0 Å². The van der Waals surface area contributed by atoms with E-state index in [1.165, 1.54) is 18.1 Å². The first-order valence-electron chi connectivity index (χ1n) is 9.82. The number of rotatable bonds is 11. The number of aliphatic hydroxyl groups excluding tert-OH is 1. The minimum atomic E-state index is -1.86. The molecule has 1 N–H and O–H groups in total. The molecule has 0 radical (unpaired) electrons. The van der Waals surface area contributed by atoms with E-state index in [-0.39, 0.29) is 23.7 Å². The highest BCUT2D eigenvalue weighted by molar-refractivity contribution is 6.74. The van der Waals surface area contributed by atoms with Gasteiger partial charge in [0.15, 0.2) is 16.6 Å². The molecule has 3 nitrogen and oxygen atoms in total. The van der Waals surface area contributed by atoms with Gasteiger partial charge >= 0.3 is 0 Å². The van der Waals surface area contributed by atoms with Crippen molar-refractivity contribution in [2.45, 2.75) is 97.8 Å². The van der Waals surface area contributed by atoms with Crippen molar-refractivity contribution in [1.29, 1.82) is 0 Å². The predicted molar refractivity (Wildman–Crippen MR) is 111 cm³/mol. The van der Waals surface area contributed by atoms with Crippen LogP contribution in [-0.4, -0.2) is 41.1 Å². The molecule has 0 aromatic heterocycles. The van der Waals surface area contributed by atoms with Crippen molar-refractivity contribution >= 4 is 16.6 Å². The number of hydrogen-bond acceptors (Lipinski definition) is 3. The molecule has 0 rings (SSSR count). The zero-order chi connectivity index (χ0) is 19.2. The van der Waals surface area contributed by atoms with Crippen LogP contribution in [0.15, 0.2) is 0 Å². The normalized spacial score (nSPS) is 17.6.